The molecule has 0 aromatic carbocycles. The molecule has 0 radical (unpaired) electrons. The van der Waals surface area contributed by atoms with E-state index in [0.29, 0.717) is 0 Å². The maximum absolute atomic E-state index is 6.42. The summed E-state index contributed by atoms with van der Waals surface area (Å²) in [5, 5.41) is 0. The molecular weight excluding hydrogens is 269 g/mol. The van der Waals surface area contributed by atoms with Crippen LogP contribution in [0.3, 0.4) is 0 Å². The van der Waals surface area contributed by atoms with Crippen LogP contribution in [0.2, 0.25) is 0 Å². The Hall–Kier alpha value is 0.610. The summed E-state index contributed by atoms with van der Waals surface area (Å²) in [6.07, 6.45) is 16.3. The molecule has 1 nitrogen and oxygen atoms in total. The molecule has 3 heteroatoms. The first kappa shape index (κ1) is 13.3. The van der Waals surface area contributed by atoms with Gasteiger partial charge in [0, 0.05) is 18.4 Å². The van der Waals surface area contributed by atoms with Gasteiger partial charge >= 0.3 is 0 Å². The summed E-state index contributed by atoms with van der Waals surface area (Å²) in [4.78, 5) is 2.93. The molecule has 2 heterocycles. The highest BCUT2D eigenvalue weighted by molar-refractivity contribution is 8.15. The molecule has 2 aliphatic heterocycles. The van der Waals surface area contributed by atoms with E-state index < -0.39 is 6.04 Å². The van der Waals surface area contributed by atoms with Crippen molar-refractivity contribution < 1.29 is 0 Å². The van der Waals surface area contributed by atoms with Crippen LogP contribution < -0.4 is 0 Å². The molecule has 4 aliphatic rings. The van der Waals surface area contributed by atoms with Gasteiger partial charge in [-0.25, -0.2) is 0 Å². The van der Waals surface area contributed by atoms with Gasteiger partial charge in [-0.3, -0.25) is 4.90 Å². The zero-order chi connectivity index (χ0) is 12.9. The molecule has 19 heavy (non-hydrogen) atoms. The van der Waals surface area contributed by atoms with Gasteiger partial charge in [0.1, 0.15) is 0 Å². The van der Waals surface area contributed by atoms with Crippen LogP contribution in [0.1, 0.15) is 64.2 Å². The highest BCUT2D eigenvalue weighted by Gasteiger charge is 2.53. The molecular formula is C16H28NPS. The topological polar surface area (TPSA) is 3.24 Å². The highest BCUT2D eigenvalue weighted by Crippen LogP contribution is 2.68. The maximum Gasteiger partial charge on any atom is 0.0397 e. The fraction of sp³-hybridized carbons (Fsp3) is 1.00. The van der Waals surface area contributed by atoms with E-state index in [1.165, 1.54) is 76.9 Å². The normalized spacial score (nSPS) is 48.1. The second kappa shape index (κ2) is 5.11. The predicted octanol–water partition coefficient (Wildman–Crippen LogP) is 4.40. The molecule has 0 spiro atoms. The van der Waals surface area contributed by atoms with Crippen molar-refractivity contribution >= 4 is 17.8 Å². The van der Waals surface area contributed by atoms with Crippen molar-refractivity contribution in [1.29, 1.82) is 0 Å². The molecule has 0 N–H and O–H groups in total. The van der Waals surface area contributed by atoms with Crippen molar-refractivity contribution in [2.45, 2.75) is 81.7 Å². The Kier molecular flexibility index (Phi) is 3.57. The highest BCUT2D eigenvalue weighted by atomic mass is 32.4. The van der Waals surface area contributed by atoms with Gasteiger partial charge < -0.3 is 0 Å². The average molecular weight is 297 g/mol. The number of nitrogens with zero attached hydrogens (tertiary/aromatic N) is 1. The summed E-state index contributed by atoms with van der Waals surface area (Å²) in [7, 11) is 0. The van der Waals surface area contributed by atoms with Gasteiger partial charge in [-0.1, -0.05) is 43.9 Å². The van der Waals surface area contributed by atoms with Crippen LogP contribution in [-0.4, -0.2) is 35.1 Å². The van der Waals surface area contributed by atoms with Crippen LogP contribution in [0.4, 0.5) is 0 Å². The van der Waals surface area contributed by atoms with E-state index in [-0.39, 0.29) is 0 Å². The quantitative estimate of drug-likeness (QED) is 0.660. The lowest BCUT2D eigenvalue weighted by molar-refractivity contribution is 0.190. The molecule has 0 aromatic heterocycles. The monoisotopic (exact) mass is 297 g/mol. The summed E-state index contributed by atoms with van der Waals surface area (Å²) in [6, 6.07) is -0.112. The van der Waals surface area contributed by atoms with Crippen molar-refractivity contribution in [3.63, 3.8) is 0 Å². The minimum Gasteiger partial charge on any atom is -0.292 e. The van der Waals surface area contributed by atoms with E-state index in [2.05, 4.69) is 4.90 Å². The molecule has 2 saturated carbocycles. The van der Waals surface area contributed by atoms with Gasteiger partial charge in [-0.05, 0) is 55.9 Å². The fourth-order valence-electron chi connectivity index (χ4n) is 5.64. The van der Waals surface area contributed by atoms with Crippen molar-refractivity contribution in [1.82, 2.24) is 4.90 Å². The standard InChI is InChI=1S/C16H28NPS/c19-18(14-7-2-1-3-8-14)11-10-17-15-9-5-4-6-13(15)12-16(17)18/h13-16H,1-12H2. The first-order valence-electron chi connectivity index (χ1n) is 8.63. The summed E-state index contributed by atoms with van der Waals surface area (Å²) in [5.74, 6) is 1.92. The smallest absolute Gasteiger partial charge is 0.0397 e. The first-order chi connectivity index (χ1) is 9.29. The molecule has 4 rings (SSSR count). The summed E-state index contributed by atoms with van der Waals surface area (Å²) >= 11 is 6.42. The number of rotatable bonds is 1. The van der Waals surface area contributed by atoms with Gasteiger partial charge in [0.25, 0.3) is 0 Å². The van der Waals surface area contributed by atoms with Crippen molar-refractivity contribution in [2.24, 2.45) is 5.92 Å². The van der Waals surface area contributed by atoms with Crippen LogP contribution in [-0.2, 0) is 11.8 Å². The molecule has 108 valence electrons. The Morgan fingerprint density at radius 1 is 0.895 bits per heavy atom. The zero-order valence-electron chi connectivity index (χ0n) is 12.1. The van der Waals surface area contributed by atoms with Crippen LogP contribution in [0.5, 0.6) is 0 Å². The minimum atomic E-state index is -1.06. The van der Waals surface area contributed by atoms with E-state index in [1.807, 2.05) is 0 Å². The molecule has 4 atom stereocenters. The Morgan fingerprint density at radius 2 is 1.63 bits per heavy atom. The molecule has 2 aliphatic carbocycles. The van der Waals surface area contributed by atoms with Gasteiger partial charge in [-0.2, -0.15) is 0 Å². The minimum absolute atomic E-state index is 0.888. The van der Waals surface area contributed by atoms with Crippen molar-refractivity contribution in [2.75, 3.05) is 12.7 Å². The number of hydrogen-bond acceptors (Lipinski definition) is 2. The maximum atomic E-state index is 6.42. The third kappa shape index (κ3) is 2.09. The van der Waals surface area contributed by atoms with Gasteiger partial charge in [-0.15, -0.1) is 0 Å². The third-order valence-corrected chi connectivity index (χ3v) is 12.9. The Bertz CT molecular complexity index is 390. The van der Waals surface area contributed by atoms with Crippen LogP contribution in [0.25, 0.3) is 0 Å². The second-order valence-corrected chi connectivity index (χ2v) is 13.0. The Morgan fingerprint density at radius 3 is 2.47 bits per heavy atom. The predicted molar refractivity (Wildman–Crippen MR) is 86.9 cm³/mol. The summed E-state index contributed by atoms with van der Waals surface area (Å²) < 4.78 is 0. The van der Waals surface area contributed by atoms with Crippen LogP contribution in [0, 0.1) is 5.92 Å². The molecule has 0 bridgehead atoms. The SMILES string of the molecule is S=P1(C2CCCCC2)CCN2C3CCCCC3CC21. The summed E-state index contributed by atoms with van der Waals surface area (Å²) in [5.41, 5.74) is 0.978. The third-order valence-electron chi connectivity index (χ3n) is 6.60. The lowest BCUT2D eigenvalue weighted by atomic mass is 9.85. The second-order valence-electron chi connectivity index (χ2n) is 7.44. The van der Waals surface area contributed by atoms with E-state index in [9.17, 15) is 0 Å². The van der Waals surface area contributed by atoms with Crippen LogP contribution in [0.15, 0.2) is 0 Å². The van der Waals surface area contributed by atoms with E-state index in [1.54, 1.807) is 0 Å². The zero-order valence-corrected chi connectivity index (χ0v) is 13.8. The Labute approximate surface area is 123 Å². The summed E-state index contributed by atoms with van der Waals surface area (Å²) in [6.45, 7) is 1.37. The van der Waals surface area contributed by atoms with Gasteiger partial charge in [0.05, 0.1) is 0 Å². The first-order valence-corrected chi connectivity index (χ1v) is 11.8. The average Bonchev–Trinajstić information content (AvgIpc) is 2.99. The molecule has 4 fully saturated rings. The largest absolute Gasteiger partial charge is 0.292 e. The molecule has 0 aromatic rings. The van der Waals surface area contributed by atoms with Crippen LogP contribution >= 0.6 is 6.04 Å². The lowest BCUT2D eigenvalue weighted by Gasteiger charge is -2.35. The molecule has 0 amide bonds. The van der Waals surface area contributed by atoms with E-state index in [4.69, 9.17) is 11.8 Å². The van der Waals surface area contributed by atoms with Gasteiger partial charge in [0.15, 0.2) is 0 Å². The number of hydrogen-bond donors (Lipinski definition) is 0. The molecule has 2 saturated heterocycles. The fourth-order valence-corrected chi connectivity index (χ4v) is 11.5. The van der Waals surface area contributed by atoms with Crippen molar-refractivity contribution in [3.05, 3.63) is 0 Å². The van der Waals surface area contributed by atoms with E-state index >= 15 is 0 Å². The van der Waals surface area contributed by atoms with Crippen molar-refractivity contribution in [3.8, 4) is 0 Å². The van der Waals surface area contributed by atoms with Gasteiger partial charge in [0.2, 0.25) is 0 Å². The lowest BCUT2D eigenvalue weighted by Crippen LogP contribution is -2.35. The van der Waals surface area contributed by atoms with E-state index in [0.717, 1.165) is 23.4 Å². The Balaban J connectivity index is 1.57. The molecule has 4 unspecified atom stereocenters. The number of fused-ring (bicyclic) bond motifs is 3.